The highest BCUT2D eigenvalue weighted by Gasteiger charge is 2.22. The van der Waals surface area contributed by atoms with Crippen LogP contribution in [-0.2, 0) is 4.79 Å². The highest BCUT2D eigenvalue weighted by atomic mass is 16.1. The van der Waals surface area contributed by atoms with Crippen molar-refractivity contribution in [3.8, 4) is 0 Å². The zero-order valence-electron chi connectivity index (χ0n) is 9.30. The summed E-state index contributed by atoms with van der Waals surface area (Å²) in [6.45, 7) is 2.78. The summed E-state index contributed by atoms with van der Waals surface area (Å²) in [5, 5.41) is 0. The van der Waals surface area contributed by atoms with Gasteiger partial charge in [0.05, 0.1) is 0 Å². The number of nitrogens with two attached hydrogens (primary N) is 1. The molecule has 0 aromatic rings. The van der Waals surface area contributed by atoms with Crippen LogP contribution in [0.25, 0.3) is 0 Å². The van der Waals surface area contributed by atoms with Gasteiger partial charge in [0.25, 0.3) is 0 Å². The quantitative estimate of drug-likeness (QED) is 0.736. The van der Waals surface area contributed by atoms with Crippen molar-refractivity contribution in [2.75, 3.05) is 6.54 Å². The summed E-state index contributed by atoms with van der Waals surface area (Å²) in [7, 11) is 0. The lowest BCUT2D eigenvalue weighted by Crippen LogP contribution is -2.23. The van der Waals surface area contributed by atoms with Crippen LogP contribution in [0, 0.1) is 11.8 Å². The molecule has 0 aromatic heterocycles. The minimum atomic E-state index is 0.365. The molecule has 1 unspecified atom stereocenters. The van der Waals surface area contributed by atoms with Gasteiger partial charge >= 0.3 is 0 Å². The summed E-state index contributed by atoms with van der Waals surface area (Å²) >= 11 is 0. The van der Waals surface area contributed by atoms with Crippen molar-refractivity contribution in [1.29, 1.82) is 0 Å². The minimum Gasteiger partial charge on any atom is -0.330 e. The van der Waals surface area contributed by atoms with E-state index >= 15 is 0 Å². The van der Waals surface area contributed by atoms with Gasteiger partial charge in [-0.2, -0.15) is 0 Å². The van der Waals surface area contributed by atoms with Gasteiger partial charge in [0, 0.05) is 12.3 Å². The van der Waals surface area contributed by atoms with Crippen molar-refractivity contribution in [3.05, 3.63) is 0 Å². The van der Waals surface area contributed by atoms with E-state index in [-0.39, 0.29) is 0 Å². The zero-order valence-corrected chi connectivity index (χ0v) is 9.30. The molecule has 1 atom stereocenters. The Morgan fingerprint density at radius 3 is 2.50 bits per heavy atom. The number of carbonyl (C=O) groups excluding carboxylic acids is 1. The molecule has 1 rings (SSSR count). The average molecular weight is 197 g/mol. The second-order valence-electron chi connectivity index (χ2n) is 4.52. The van der Waals surface area contributed by atoms with Crippen LogP contribution in [0.1, 0.15) is 51.9 Å². The van der Waals surface area contributed by atoms with Gasteiger partial charge in [-0.3, -0.25) is 4.79 Å². The van der Waals surface area contributed by atoms with Crippen LogP contribution in [0.5, 0.6) is 0 Å². The Labute approximate surface area is 87.2 Å². The first kappa shape index (κ1) is 11.7. The van der Waals surface area contributed by atoms with Gasteiger partial charge in [0.1, 0.15) is 5.78 Å². The molecule has 2 nitrogen and oxygen atoms in total. The average Bonchev–Trinajstić information content (AvgIpc) is 2.26. The third-order valence-corrected chi connectivity index (χ3v) is 3.46. The summed E-state index contributed by atoms with van der Waals surface area (Å²) in [6.07, 6.45) is 7.82. The minimum absolute atomic E-state index is 0.365. The highest BCUT2D eigenvalue weighted by Crippen LogP contribution is 2.26. The van der Waals surface area contributed by atoms with E-state index in [0.717, 1.165) is 25.7 Å². The van der Waals surface area contributed by atoms with Crippen LogP contribution in [0.2, 0.25) is 0 Å². The van der Waals surface area contributed by atoms with Crippen molar-refractivity contribution < 1.29 is 4.79 Å². The Morgan fingerprint density at radius 2 is 2.00 bits per heavy atom. The topological polar surface area (TPSA) is 43.1 Å². The second kappa shape index (κ2) is 6.18. The Hall–Kier alpha value is -0.370. The molecule has 0 spiro atoms. The molecule has 0 amide bonds. The van der Waals surface area contributed by atoms with Crippen LogP contribution in [-0.4, -0.2) is 12.3 Å². The molecule has 0 aromatic carbocycles. The molecule has 0 saturated heterocycles. The number of Topliss-reactive ketones (excluding diaryl/α,β-unsaturated/α-hetero) is 1. The Bertz CT molecular complexity index is 169. The summed E-state index contributed by atoms with van der Waals surface area (Å²) in [5.74, 6) is 1.26. The van der Waals surface area contributed by atoms with Gasteiger partial charge in [-0.05, 0) is 25.3 Å². The van der Waals surface area contributed by atoms with E-state index in [1.54, 1.807) is 0 Å². The van der Waals surface area contributed by atoms with Gasteiger partial charge < -0.3 is 5.73 Å². The van der Waals surface area contributed by atoms with Crippen molar-refractivity contribution in [2.24, 2.45) is 17.6 Å². The number of rotatable bonds is 5. The van der Waals surface area contributed by atoms with E-state index < -0.39 is 0 Å². The molecule has 1 aliphatic rings. The van der Waals surface area contributed by atoms with E-state index in [0.29, 0.717) is 24.2 Å². The molecule has 2 N–H and O–H groups in total. The fraction of sp³-hybridized carbons (Fsp3) is 0.917. The lowest BCUT2D eigenvalue weighted by atomic mass is 9.83. The molecule has 2 heteroatoms. The normalized spacial score (nSPS) is 20.7. The lowest BCUT2D eigenvalue weighted by molar-refractivity contribution is -0.124. The molecule has 0 heterocycles. The lowest BCUT2D eigenvalue weighted by Gasteiger charge is -2.22. The smallest absolute Gasteiger partial charge is 0.136 e. The van der Waals surface area contributed by atoms with Gasteiger partial charge in [0.2, 0.25) is 0 Å². The molecule has 14 heavy (non-hydrogen) atoms. The highest BCUT2D eigenvalue weighted by molar-refractivity contribution is 5.81. The van der Waals surface area contributed by atoms with E-state index in [9.17, 15) is 4.79 Å². The Balaban J connectivity index is 2.32. The molecular weight excluding hydrogens is 174 g/mol. The van der Waals surface area contributed by atoms with Gasteiger partial charge in [-0.15, -0.1) is 0 Å². The third kappa shape index (κ3) is 3.41. The molecule has 1 saturated carbocycles. The summed E-state index contributed by atoms with van der Waals surface area (Å²) in [5.41, 5.74) is 5.61. The van der Waals surface area contributed by atoms with E-state index in [1.807, 2.05) is 0 Å². The molecule has 1 fully saturated rings. The van der Waals surface area contributed by atoms with Crippen LogP contribution in [0.3, 0.4) is 0 Å². The molecule has 82 valence electrons. The first-order chi connectivity index (χ1) is 6.77. The predicted octanol–water partition coefficient (Wildman–Crippen LogP) is 2.51. The van der Waals surface area contributed by atoms with Crippen molar-refractivity contribution in [1.82, 2.24) is 0 Å². The first-order valence-electron chi connectivity index (χ1n) is 6.00. The van der Waals surface area contributed by atoms with E-state index in [1.165, 1.54) is 19.3 Å². The maximum atomic E-state index is 11.9. The molecule has 0 aliphatic heterocycles. The van der Waals surface area contributed by atoms with Crippen LogP contribution < -0.4 is 5.73 Å². The fourth-order valence-corrected chi connectivity index (χ4v) is 2.27. The largest absolute Gasteiger partial charge is 0.330 e. The number of ketones is 1. The monoisotopic (exact) mass is 197 g/mol. The number of carbonyl (C=O) groups is 1. The van der Waals surface area contributed by atoms with E-state index in [2.05, 4.69) is 6.92 Å². The number of hydrogen-bond acceptors (Lipinski definition) is 2. The molecular formula is C12H23NO. The predicted molar refractivity (Wildman–Crippen MR) is 59.0 cm³/mol. The van der Waals surface area contributed by atoms with Crippen molar-refractivity contribution in [3.63, 3.8) is 0 Å². The van der Waals surface area contributed by atoms with Crippen molar-refractivity contribution in [2.45, 2.75) is 51.9 Å². The maximum Gasteiger partial charge on any atom is 0.136 e. The summed E-state index contributed by atoms with van der Waals surface area (Å²) < 4.78 is 0. The van der Waals surface area contributed by atoms with Gasteiger partial charge in [0.15, 0.2) is 0 Å². The summed E-state index contributed by atoms with van der Waals surface area (Å²) in [4.78, 5) is 11.9. The maximum absolute atomic E-state index is 11.9. The van der Waals surface area contributed by atoms with Gasteiger partial charge in [-0.25, -0.2) is 0 Å². The SMILES string of the molecule is CCC(CN)CC(=O)C1CCCCC1. The standard InChI is InChI=1S/C12H23NO/c1-2-10(9-13)8-12(14)11-6-4-3-5-7-11/h10-11H,2-9,13H2,1H3. The van der Waals surface area contributed by atoms with Crippen LogP contribution in [0.15, 0.2) is 0 Å². The van der Waals surface area contributed by atoms with Crippen molar-refractivity contribution >= 4 is 5.78 Å². The first-order valence-corrected chi connectivity index (χ1v) is 6.00. The Morgan fingerprint density at radius 1 is 1.36 bits per heavy atom. The fourth-order valence-electron chi connectivity index (χ4n) is 2.27. The van der Waals surface area contributed by atoms with Crippen LogP contribution >= 0.6 is 0 Å². The molecule has 1 aliphatic carbocycles. The van der Waals surface area contributed by atoms with Crippen LogP contribution in [0.4, 0.5) is 0 Å². The Kier molecular flexibility index (Phi) is 5.16. The van der Waals surface area contributed by atoms with E-state index in [4.69, 9.17) is 5.73 Å². The second-order valence-corrected chi connectivity index (χ2v) is 4.52. The number of hydrogen-bond donors (Lipinski definition) is 1. The van der Waals surface area contributed by atoms with Gasteiger partial charge in [-0.1, -0.05) is 32.6 Å². The molecule has 0 bridgehead atoms. The molecule has 0 radical (unpaired) electrons. The summed E-state index contributed by atoms with van der Waals surface area (Å²) in [6, 6.07) is 0. The third-order valence-electron chi connectivity index (χ3n) is 3.46. The zero-order chi connectivity index (χ0) is 10.4.